The monoisotopic (exact) mass is 284 g/mol. The van der Waals surface area contributed by atoms with Gasteiger partial charge in [-0.15, -0.1) is 0 Å². The minimum absolute atomic E-state index is 0.493. The number of urea groups is 2. The first-order valence-corrected chi connectivity index (χ1v) is 6.18. The normalized spacial score (nSPS) is 17.8. The van der Waals surface area contributed by atoms with Gasteiger partial charge in [0.2, 0.25) is 5.91 Å². The van der Waals surface area contributed by atoms with Crippen LogP contribution in [0.2, 0.25) is 0 Å². The molecule has 1 fully saturated rings. The molecule has 0 aromatic heterocycles. The molecule has 0 saturated carbocycles. The molecule has 1 heterocycles. The van der Waals surface area contributed by atoms with Crippen LogP contribution in [-0.4, -0.2) is 46.4 Å². The van der Waals surface area contributed by atoms with E-state index in [4.69, 9.17) is 0 Å². The Balaban J connectivity index is 2.58. The third-order valence-corrected chi connectivity index (χ3v) is 2.49. The van der Waals surface area contributed by atoms with Crippen LogP contribution in [0.4, 0.5) is 9.59 Å². The van der Waals surface area contributed by atoms with Crippen molar-refractivity contribution in [1.82, 2.24) is 20.9 Å². The molecule has 1 aliphatic rings. The molecule has 1 aliphatic heterocycles. The SMILES string of the molecule is CC(C)(C)NC(=O)NC(=O)CN1C(=O)NC(C)(C)C1=O. The van der Waals surface area contributed by atoms with Gasteiger partial charge >= 0.3 is 12.1 Å². The second kappa shape index (κ2) is 5.10. The zero-order chi connectivity index (χ0) is 15.7. The average molecular weight is 284 g/mol. The Morgan fingerprint density at radius 2 is 1.80 bits per heavy atom. The van der Waals surface area contributed by atoms with Gasteiger partial charge in [-0.25, -0.2) is 9.59 Å². The minimum Gasteiger partial charge on any atom is -0.333 e. The predicted molar refractivity (Wildman–Crippen MR) is 70.8 cm³/mol. The van der Waals surface area contributed by atoms with Crippen LogP contribution in [0.15, 0.2) is 0 Å². The summed E-state index contributed by atoms with van der Waals surface area (Å²) in [5.74, 6) is -1.23. The topological polar surface area (TPSA) is 108 Å². The summed E-state index contributed by atoms with van der Waals surface area (Å²) in [6, 6.07) is -1.32. The lowest BCUT2D eigenvalue weighted by Crippen LogP contribution is -2.51. The van der Waals surface area contributed by atoms with Crippen molar-refractivity contribution in [3.63, 3.8) is 0 Å². The second-order valence-electron chi connectivity index (χ2n) is 6.20. The fourth-order valence-corrected chi connectivity index (χ4v) is 1.64. The molecule has 8 nitrogen and oxygen atoms in total. The molecule has 0 radical (unpaired) electrons. The van der Waals surface area contributed by atoms with Crippen LogP contribution in [0.25, 0.3) is 0 Å². The predicted octanol–water partition coefficient (Wildman–Crippen LogP) is -0.0589. The summed E-state index contributed by atoms with van der Waals surface area (Å²) >= 11 is 0. The maximum absolute atomic E-state index is 11.8. The fraction of sp³-hybridized carbons (Fsp3) is 0.667. The maximum Gasteiger partial charge on any atom is 0.325 e. The van der Waals surface area contributed by atoms with Gasteiger partial charge in [-0.1, -0.05) is 0 Å². The molecule has 0 bridgehead atoms. The standard InChI is InChI=1S/C12H20N4O4/c1-11(2,3)14-9(19)13-7(17)6-16-8(18)12(4,5)15-10(16)20/h6H2,1-5H3,(H,15,20)(H2,13,14,17,19). The van der Waals surface area contributed by atoms with Gasteiger partial charge in [-0.2, -0.15) is 0 Å². The van der Waals surface area contributed by atoms with Gasteiger partial charge in [0.05, 0.1) is 0 Å². The molecule has 112 valence electrons. The molecular formula is C12H20N4O4. The van der Waals surface area contributed by atoms with Crippen molar-refractivity contribution in [2.24, 2.45) is 0 Å². The number of hydrogen-bond donors (Lipinski definition) is 3. The number of nitrogens with one attached hydrogen (secondary N) is 3. The van der Waals surface area contributed by atoms with E-state index in [2.05, 4.69) is 16.0 Å². The van der Waals surface area contributed by atoms with Gasteiger partial charge in [0.1, 0.15) is 12.1 Å². The molecule has 0 aliphatic carbocycles. The van der Waals surface area contributed by atoms with Crippen LogP contribution in [-0.2, 0) is 9.59 Å². The fourth-order valence-electron chi connectivity index (χ4n) is 1.64. The van der Waals surface area contributed by atoms with Crippen molar-refractivity contribution in [2.45, 2.75) is 45.7 Å². The van der Waals surface area contributed by atoms with Gasteiger partial charge in [-0.05, 0) is 34.6 Å². The molecule has 0 aromatic carbocycles. The van der Waals surface area contributed by atoms with E-state index in [1.54, 1.807) is 20.8 Å². The van der Waals surface area contributed by atoms with Crippen LogP contribution in [0.1, 0.15) is 34.6 Å². The largest absolute Gasteiger partial charge is 0.333 e. The van der Waals surface area contributed by atoms with E-state index < -0.39 is 41.5 Å². The average Bonchev–Trinajstić information content (AvgIpc) is 2.37. The Morgan fingerprint density at radius 1 is 1.25 bits per heavy atom. The van der Waals surface area contributed by atoms with Crippen molar-refractivity contribution < 1.29 is 19.2 Å². The molecule has 1 rings (SSSR count). The number of carbonyl (C=O) groups excluding carboxylic acids is 4. The highest BCUT2D eigenvalue weighted by molar-refractivity contribution is 6.09. The molecule has 0 unspecified atom stereocenters. The lowest BCUT2D eigenvalue weighted by atomic mass is 10.1. The van der Waals surface area contributed by atoms with Gasteiger partial charge in [-0.3, -0.25) is 19.8 Å². The summed E-state index contributed by atoms with van der Waals surface area (Å²) < 4.78 is 0. The van der Waals surface area contributed by atoms with Crippen molar-refractivity contribution in [2.75, 3.05) is 6.54 Å². The molecule has 8 heteroatoms. The zero-order valence-electron chi connectivity index (χ0n) is 12.3. The lowest BCUT2D eigenvalue weighted by molar-refractivity contribution is -0.133. The van der Waals surface area contributed by atoms with Crippen molar-refractivity contribution in [3.8, 4) is 0 Å². The third kappa shape index (κ3) is 3.94. The van der Waals surface area contributed by atoms with E-state index in [0.717, 1.165) is 4.90 Å². The second-order valence-corrected chi connectivity index (χ2v) is 6.20. The number of hydrogen-bond acceptors (Lipinski definition) is 4. The molecule has 0 atom stereocenters. The first-order chi connectivity index (χ1) is 8.92. The van der Waals surface area contributed by atoms with Gasteiger partial charge in [0.15, 0.2) is 0 Å². The Labute approximate surface area is 117 Å². The quantitative estimate of drug-likeness (QED) is 0.617. The number of nitrogens with zero attached hydrogens (tertiary/aromatic N) is 1. The number of imide groups is 2. The van der Waals surface area contributed by atoms with Gasteiger partial charge in [0, 0.05) is 5.54 Å². The number of rotatable bonds is 2. The van der Waals surface area contributed by atoms with E-state index >= 15 is 0 Å². The van der Waals surface area contributed by atoms with Crippen LogP contribution >= 0.6 is 0 Å². The molecule has 0 aromatic rings. The zero-order valence-corrected chi connectivity index (χ0v) is 12.3. The number of amides is 6. The van der Waals surface area contributed by atoms with Crippen LogP contribution in [0.3, 0.4) is 0 Å². The third-order valence-electron chi connectivity index (χ3n) is 2.49. The van der Waals surface area contributed by atoms with E-state index in [1.165, 1.54) is 13.8 Å². The number of carbonyl (C=O) groups is 4. The van der Waals surface area contributed by atoms with Crippen LogP contribution < -0.4 is 16.0 Å². The Hall–Kier alpha value is -2.12. The van der Waals surface area contributed by atoms with Crippen molar-refractivity contribution in [1.29, 1.82) is 0 Å². The van der Waals surface area contributed by atoms with E-state index in [9.17, 15) is 19.2 Å². The summed E-state index contributed by atoms with van der Waals surface area (Å²) in [7, 11) is 0. The Kier molecular flexibility index (Phi) is 4.07. The molecule has 3 N–H and O–H groups in total. The van der Waals surface area contributed by atoms with Crippen molar-refractivity contribution in [3.05, 3.63) is 0 Å². The first-order valence-electron chi connectivity index (χ1n) is 6.18. The van der Waals surface area contributed by atoms with E-state index in [-0.39, 0.29) is 0 Å². The summed E-state index contributed by atoms with van der Waals surface area (Å²) in [6.07, 6.45) is 0. The summed E-state index contributed by atoms with van der Waals surface area (Å²) in [5, 5.41) is 7.05. The maximum atomic E-state index is 11.8. The highest BCUT2D eigenvalue weighted by Crippen LogP contribution is 2.15. The van der Waals surface area contributed by atoms with Gasteiger partial charge in [0.25, 0.3) is 5.91 Å². The smallest absolute Gasteiger partial charge is 0.325 e. The molecular weight excluding hydrogens is 264 g/mol. The lowest BCUT2D eigenvalue weighted by Gasteiger charge is -2.21. The molecule has 0 spiro atoms. The van der Waals surface area contributed by atoms with E-state index in [0.29, 0.717) is 0 Å². The summed E-state index contributed by atoms with van der Waals surface area (Å²) in [5.41, 5.74) is -1.53. The molecule has 20 heavy (non-hydrogen) atoms. The summed E-state index contributed by atoms with van der Waals surface area (Å²) in [4.78, 5) is 47.3. The van der Waals surface area contributed by atoms with Gasteiger partial charge < -0.3 is 10.6 Å². The Bertz CT molecular complexity index is 465. The minimum atomic E-state index is -1.04. The van der Waals surface area contributed by atoms with Crippen LogP contribution in [0, 0.1) is 0 Å². The van der Waals surface area contributed by atoms with Crippen LogP contribution in [0.5, 0.6) is 0 Å². The Morgan fingerprint density at radius 3 is 2.20 bits per heavy atom. The highest BCUT2D eigenvalue weighted by atomic mass is 16.2. The highest BCUT2D eigenvalue weighted by Gasteiger charge is 2.44. The summed E-state index contributed by atoms with van der Waals surface area (Å²) in [6.45, 7) is 7.87. The van der Waals surface area contributed by atoms with Crippen molar-refractivity contribution >= 4 is 23.9 Å². The molecule has 6 amide bonds. The molecule has 1 saturated heterocycles. The first kappa shape index (κ1) is 15.9. The van der Waals surface area contributed by atoms with E-state index in [1.807, 2.05) is 0 Å².